The number of hydrogen-bond donors (Lipinski definition) is 3. The van der Waals surface area contributed by atoms with Gasteiger partial charge in [0.05, 0.1) is 12.7 Å². The normalized spacial score (nSPS) is 41.7. The van der Waals surface area contributed by atoms with Gasteiger partial charge in [0, 0.05) is 5.41 Å². The lowest BCUT2D eigenvalue weighted by molar-refractivity contribution is -0.134. The third kappa shape index (κ3) is 1.91. The molecule has 0 spiro atoms. The molecule has 19 heavy (non-hydrogen) atoms. The van der Waals surface area contributed by atoms with Gasteiger partial charge in [0.1, 0.15) is 0 Å². The molecule has 0 aromatic rings. The van der Waals surface area contributed by atoms with Gasteiger partial charge in [-0.05, 0) is 29.6 Å². The molecule has 0 amide bonds. The largest absolute Gasteiger partial charge is 0.392 e. The molecule has 0 saturated heterocycles. The zero-order valence-corrected chi connectivity index (χ0v) is 11.3. The van der Waals surface area contributed by atoms with Crippen molar-refractivity contribution < 1.29 is 20.1 Å². The molecule has 4 atom stereocenters. The van der Waals surface area contributed by atoms with Gasteiger partial charge < -0.3 is 15.3 Å². The van der Waals surface area contributed by atoms with Crippen molar-refractivity contribution in [3.05, 3.63) is 36.0 Å². The molecule has 2 rings (SSSR count). The van der Waals surface area contributed by atoms with Gasteiger partial charge in [0.25, 0.3) is 0 Å². The highest BCUT2D eigenvalue weighted by Gasteiger charge is 2.52. The summed E-state index contributed by atoms with van der Waals surface area (Å²) in [5, 5.41) is 29.7. The summed E-state index contributed by atoms with van der Waals surface area (Å²) in [6.07, 6.45) is 4.33. The number of aliphatic hydroxyl groups is 3. The van der Waals surface area contributed by atoms with Gasteiger partial charge in [-0.15, -0.1) is 0 Å². The number of fused-ring (bicyclic) bond motifs is 1. The highest BCUT2D eigenvalue weighted by atomic mass is 16.3. The van der Waals surface area contributed by atoms with Crippen molar-refractivity contribution in [2.75, 3.05) is 6.61 Å². The maximum absolute atomic E-state index is 12.1. The summed E-state index contributed by atoms with van der Waals surface area (Å²) in [6, 6.07) is 0. The Bertz CT molecular complexity index is 490. The summed E-state index contributed by atoms with van der Waals surface area (Å²) in [6.45, 7) is 6.97. The molecule has 4 heteroatoms. The molecule has 0 unspecified atom stereocenters. The van der Waals surface area contributed by atoms with E-state index in [0.717, 1.165) is 5.57 Å². The van der Waals surface area contributed by atoms with Gasteiger partial charge in [-0.25, -0.2) is 0 Å². The number of aliphatic hydroxyl groups excluding tert-OH is 2. The van der Waals surface area contributed by atoms with Gasteiger partial charge >= 0.3 is 0 Å². The van der Waals surface area contributed by atoms with Crippen LogP contribution in [0, 0.1) is 11.3 Å². The van der Waals surface area contributed by atoms with E-state index in [0.29, 0.717) is 0 Å². The van der Waals surface area contributed by atoms with Gasteiger partial charge in [-0.1, -0.05) is 32.6 Å². The summed E-state index contributed by atoms with van der Waals surface area (Å²) < 4.78 is 0. The molecular formula is C15H20O4. The summed E-state index contributed by atoms with van der Waals surface area (Å²) >= 11 is 0. The molecule has 0 heterocycles. The lowest BCUT2D eigenvalue weighted by Gasteiger charge is -2.48. The third-order valence-electron chi connectivity index (χ3n) is 4.74. The first kappa shape index (κ1) is 14.2. The summed E-state index contributed by atoms with van der Waals surface area (Å²) in [5.74, 6) is -0.581. The molecule has 0 radical (unpaired) electrons. The minimum atomic E-state index is -1.74. The average molecular weight is 264 g/mol. The number of allylic oxidation sites excluding steroid dienone is 2. The topological polar surface area (TPSA) is 77.8 Å². The first-order valence-corrected chi connectivity index (χ1v) is 6.40. The molecule has 2 aliphatic rings. The van der Waals surface area contributed by atoms with Crippen LogP contribution in [0.4, 0.5) is 0 Å². The minimum Gasteiger partial charge on any atom is -0.392 e. The quantitative estimate of drug-likeness (QED) is 0.643. The number of ketones is 1. The van der Waals surface area contributed by atoms with Crippen molar-refractivity contribution in [2.45, 2.75) is 32.0 Å². The van der Waals surface area contributed by atoms with Crippen LogP contribution >= 0.6 is 0 Å². The van der Waals surface area contributed by atoms with E-state index in [1.165, 1.54) is 6.08 Å². The van der Waals surface area contributed by atoms with Crippen LogP contribution in [0.15, 0.2) is 36.0 Å². The van der Waals surface area contributed by atoms with E-state index in [1.807, 2.05) is 13.8 Å². The fourth-order valence-corrected chi connectivity index (χ4v) is 2.98. The van der Waals surface area contributed by atoms with Crippen LogP contribution in [0.25, 0.3) is 0 Å². The second-order valence-electron chi connectivity index (χ2n) is 5.82. The van der Waals surface area contributed by atoms with Crippen molar-refractivity contribution in [2.24, 2.45) is 11.3 Å². The van der Waals surface area contributed by atoms with Crippen LogP contribution in [-0.2, 0) is 4.79 Å². The van der Waals surface area contributed by atoms with Crippen molar-refractivity contribution >= 4 is 5.78 Å². The van der Waals surface area contributed by atoms with Crippen LogP contribution < -0.4 is 0 Å². The van der Waals surface area contributed by atoms with Crippen LogP contribution in [0.1, 0.15) is 20.3 Å². The standard InChI is InChI=1S/C15H20O4/c1-9(7-16)15(19)8-14(3)10(2)12(17)5-4-11(14)6-13(15)18/h4-6,10,12,16-17,19H,1,7-8H2,2-3H3/t10-,12+,14+,15+/m0/s1. The van der Waals surface area contributed by atoms with Crippen LogP contribution in [0.3, 0.4) is 0 Å². The van der Waals surface area contributed by atoms with E-state index in [2.05, 4.69) is 6.58 Å². The Kier molecular flexibility index (Phi) is 3.29. The molecule has 0 bridgehead atoms. The molecule has 0 aliphatic heterocycles. The smallest absolute Gasteiger partial charge is 0.191 e. The van der Waals surface area contributed by atoms with Crippen LogP contribution in [-0.4, -0.2) is 39.4 Å². The molecule has 0 aromatic heterocycles. The fourth-order valence-electron chi connectivity index (χ4n) is 2.98. The van der Waals surface area contributed by atoms with E-state index in [9.17, 15) is 20.1 Å². The Hall–Kier alpha value is -1.23. The molecule has 0 saturated carbocycles. The fraction of sp³-hybridized carbons (Fsp3) is 0.533. The Labute approximate surface area is 112 Å². The maximum atomic E-state index is 12.1. The highest BCUT2D eigenvalue weighted by Crippen LogP contribution is 2.51. The van der Waals surface area contributed by atoms with E-state index in [1.54, 1.807) is 12.2 Å². The van der Waals surface area contributed by atoms with Crippen LogP contribution in [0.2, 0.25) is 0 Å². The van der Waals surface area contributed by atoms with E-state index >= 15 is 0 Å². The molecule has 4 nitrogen and oxygen atoms in total. The third-order valence-corrected chi connectivity index (χ3v) is 4.74. The Morgan fingerprint density at radius 3 is 2.79 bits per heavy atom. The van der Waals surface area contributed by atoms with E-state index in [-0.39, 0.29) is 17.9 Å². The lowest BCUT2D eigenvalue weighted by Crippen LogP contribution is -2.52. The highest BCUT2D eigenvalue weighted by molar-refractivity contribution is 6.01. The second-order valence-corrected chi connectivity index (χ2v) is 5.82. The predicted molar refractivity (Wildman–Crippen MR) is 71.3 cm³/mol. The number of rotatable bonds is 2. The van der Waals surface area contributed by atoms with Gasteiger partial charge in [-0.2, -0.15) is 0 Å². The van der Waals surface area contributed by atoms with E-state index in [4.69, 9.17) is 0 Å². The maximum Gasteiger partial charge on any atom is 0.191 e. The monoisotopic (exact) mass is 264 g/mol. The van der Waals surface area contributed by atoms with Gasteiger partial charge in [0.15, 0.2) is 11.4 Å². The van der Waals surface area contributed by atoms with Crippen molar-refractivity contribution in [1.29, 1.82) is 0 Å². The Morgan fingerprint density at radius 1 is 1.58 bits per heavy atom. The molecule has 0 aromatic carbocycles. The molecule has 2 aliphatic carbocycles. The average Bonchev–Trinajstić information content (AvgIpc) is 2.37. The minimum absolute atomic E-state index is 0.102. The zero-order valence-electron chi connectivity index (χ0n) is 11.3. The molecule has 0 fully saturated rings. The Balaban J connectivity index is 2.52. The molecule has 3 N–H and O–H groups in total. The number of carbonyl (C=O) groups is 1. The summed E-state index contributed by atoms with van der Waals surface area (Å²) in [7, 11) is 0. The van der Waals surface area contributed by atoms with Gasteiger partial charge in [-0.3, -0.25) is 4.79 Å². The zero-order chi connectivity index (χ0) is 14.4. The van der Waals surface area contributed by atoms with E-state index < -0.39 is 29.5 Å². The summed E-state index contributed by atoms with van der Waals surface area (Å²) in [4.78, 5) is 12.1. The van der Waals surface area contributed by atoms with Crippen molar-refractivity contribution in [3.63, 3.8) is 0 Å². The SMILES string of the molecule is C=C(CO)[C@]1(O)C[C@@]2(C)C(=CC1=O)C=C[C@@H](O)[C@@H]2C. The van der Waals surface area contributed by atoms with Crippen LogP contribution in [0.5, 0.6) is 0 Å². The first-order chi connectivity index (χ1) is 8.75. The number of hydrogen-bond acceptors (Lipinski definition) is 4. The van der Waals surface area contributed by atoms with Crippen molar-refractivity contribution in [1.82, 2.24) is 0 Å². The summed E-state index contributed by atoms with van der Waals surface area (Å²) in [5.41, 5.74) is -1.35. The first-order valence-electron chi connectivity index (χ1n) is 6.40. The number of carbonyl (C=O) groups excluding carboxylic acids is 1. The Morgan fingerprint density at radius 2 is 2.21 bits per heavy atom. The van der Waals surface area contributed by atoms with Crippen molar-refractivity contribution in [3.8, 4) is 0 Å². The molecule has 104 valence electrons. The van der Waals surface area contributed by atoms with Gasteiger partial charge in [0.2, 0.25) is 0 Å². The lowest BCUT2D eigenvalue weighted by atomic mass is 9.57. The predicted octanol–water partition coefficient (Wildman–Crippen LogP) is 0.738. The molecular weight excluding hydrogens is 244 g/mol. The second kappa shape index (κ2) is 4.40.